The highest BCUT2D eigenvalue weighted by molar-refractivity contribution is 6.30. The molecule has 0 saturated heterocycles. The van der Waals surface area contributed by atoms with Gasteiger partial charge >= 0.3 is 0 Å². The summed E-state index contributed by atoms with van der Waals surface area (Å²) in [4.78, 5) is 0. The van der Waals surface area contributed by atoms with Crippen molar-refractivity contribution in [2.75, 3.05) is 26.3 Å². The number of benzene rings is 1. The van der Waals surface area contributed by atoms with E-state index in [9.17, 15) is 0 Å². The Balaban J connectivity index is 2.04. The first-order chi connectivity index (χ1) is 9.09. The molecule has 1 aromatic rings. The van der Waals surface area contributed by atoms with Gasteiger partial charge in [-0.05, 0) is 57.5 Å². The minimum absolute atomic E-state index is 0.316. The van der Waals surface area contributed by atoms with Crippen molar-refractivity contribution < 1.29 is 9.47 Å². The van der Waals surface area contributed by atoms with Gasteiger partial charge in [0.2, 0.25) is 0 Å². The van der Waals surface area contributed by atoms with Crippen LogP contribution in [0.3, 0.4) is 0 Å². The molecule has 3 nitrogen and oxygen atoms in total. The predicted octanol–water partition coefficient (Wildman–Crippen LogP) is 3.43. The molecule has 0 aromatic heterocycles. The Kier molecular flexibility index (Phi) is 7.87. The molecule has 1 N–H and O–H groups in total. The molecule has 0 spiro atoms. The maximum atomic E-state index is 5.89. The Morgan fingerprint density at radius 2 is 2.00 bits per heavy atom. The number of ether oxygens (including phenoxy) is 2. The minimum Gasteiger partial charge on any atom is -0.492 e. The molecule has 0 heterocycles. The molecule has 0 saturated carbocycles. The molecule has 4 heteroatoms. The van der Waals surface area contributed by atoms with Gasteiger partial charge in [-0.2, -0.15) is 0 Å². The molecule has 0 bridgehead atoms. The van der Waals surface area contributed by atoms with E-state index < -0.39 is 0 Å². The molecule has 0 aliphatic carbocycles. The summed E-state index contributed by atoms with van der Waals surface area (Å²) < 4.78 is 11.1. The van der Waals surface area contributed by atoms with Gasteiger partial charge in [0.25, 0.3) is 0 Å². The first-order valence-corrected chi connectivity index (χ1v) is 7.18. The zero-order valence-electron chi connectivity index (χ0n) is 12.0. The van der Waals surface area contributed by atoms with Gasteiger partial charge < -0.3 is 14.8 Å². The van der Waals surface area contributed by atoms with Crippen molar-refractivity contribution in [1.29, 1.82) is 0 Å². The Morgan fingerprint density at radius 1 is 1.21 bits per heavy atom. The summed E-state index contributed by atoms with van der Waals surface area (Å²) in [6.07, 6.45) is 1.34. The molecule has 0 atom stereocenters. The lowest BCUT2D eigenvalue weighted by Crippen LogP contribution is -2.23. The second-order valence-electron chi connectivity index (χ2n) is 4.78. The van der Waals surface area contributed by atoms with Crippen molar-refractivity contribution in [3.8, 4) is 5.75 Å². The van der Waals surface area contributed by atoms with Gasteiger partial charge in [0, 0.05) is 18.2 Å². The van der Waals surface area contributed by atoms with Crippen LogP contribution >= 0.6 is 11.6 Å². The van der Waals surface area contributed by atoms with Crippen LogP contribution in [0.2, 0.25) is 5.02 Å². The highest BCUT2D eigenvalue weighted by Crippen LogP contribution is 2.21. The number of hydrogen-bond donors (Lipinski definition) is 1. The second kappa shape index (κ2) is 9.18. The number of halogens is 1. The normalized spacial score (nSPS) is 11.0. The quantitative estimate of drug-likeness (QED) is 0.705. The van der Waals surface area contributed by atoms with E-state index >= 15 is 0 Å². The molecular weight excluding hydrogens is 262 g/mol. The van der Waals surface area contributed by atoms with Gasteiger partial charge in [0.1, 0.15) is 12.4 Å². The number of hydrogen-bond acceptors (Lipinski definition) is 3. The van der Waals surface area contributed by atoms with Gasteiger partial charge in [-0.15, -0.1) is 0 Å². The summed E-state index contributed by atoms with van der Waals surface area (Å²) in [5.41, 5.74) is 1.07. The van der Waals surface area contributed by atoms with Gasteiger partial charge in [-0.3, -0.25) is 0 Å². The third-order valence-electron chi connectivity index (χ3n) is 2.62. The highest BCUT2D eigenvalue weighted by atomic mass is 35.5. The Labute approximate surface area is 121 Å². The smallest absolute Gasteiger partial charge is 0.122 e. The zero-order chi connectivity index (χ0) is 14.1. The topological polar surface area (TPSA) is 30.5 Å². The first-order valence-electron chi connectivity index (χ1n) is 6.81. The number of nitrogens with one attached hydrogen (secondary N) is 1. The van der Waals surface area contributed by atoms with E-state index in [1.54, 1.807) is 0 Å². The van der Waals surface area contributed by atoms with E-state index in [1.165, 1.54) is 0 Å². The Hall–Kier alpha value is -0.770. The van der Waals surface area contributed by atoms with E-state index in [2.05, 4.69) is 19.2 Å². The van der Waals surface area contributed by atoms with Crippen LogP contribution in [0.4, 0.5) is 0 Å². The third-order valence-corrected chi connectivity index (χ3v) is 2.86. The monoisotopic (exact) mass is 285 g/mol. The predicted molar refractivity (Wildman–Crippen MR) is 80.3 cm³/mol. The fourth-order valence-corrected chi connectivity index (χ4v) is 1.88. The molecule has 0 aliphatic heterocycles. The molecule has 1 rings (SSSR count). The first kappa shape index (κ1) is 16.3. The molecule has 0 fully saturated rings. The SMILES string of the molecule is Cc1cc(Cl)ccc1OCCNCCCOC(C)C. The number of rotatable bonds is 9. The van der Waals surface area contributed by atoms with Crippen molar-refractivity contribution in [1.82, 2.24) is 5.32 Å². The van der Waals surface area contributed by atoms with E-state index in [4.69, 9.17) is 21.1 Å². The Morgan fingerprint density at radius 3 is 2.68 bits per heavy atom. The molecule has 1 aromatic carbocycles. The molecule has 0 amide bonds. The molecule has 19 heavy (non-hydrogen) atoms. The standard InChI is InChI=1S/C15H24ClNO2/c1-12(2)18-9-4-7-17-8-10-19-15-6-5-14(16)11-13(15)3/h5-6,11-12,17H,4,7-10H2,1-3H3. The van der Waals surface area contributed by atoms with Crippen molar-refractivity contribution >= 4 is 11.6 Å². The van der Waals surface area contributed by atoms with E-state index in [0.29, 0.717) is 12.7 Å². The van der Waals surface area contributed by atoms with Crippen molar-refractivity contribution in [3.05, 3.63) is 28.8 Å². The lowest BCUT2D eigenvalue weighted by Gasteiger charge is -2.10. The Bertz CT molecular complexity index is 369. The molecule has 0 aliphatic rings. The summed E-state index contributed by atoms with van der Waals surface area (Å²) in [6, 6.07) is 5.67. The lowest BCUT2D eigenvalue weighted by molar-refractivity contribution is 0.0770. The van der Waals surface area contributed by atoms with Crippen LogP contribution in [0, 0.1) is 6.92 Å². The average molecular weight is 286 g/mol. The van der Waals surface area contributed by atoms with E-state index in [1.807, 2.05) is 25.1 Å². The van der Waals surface area contributed by atoms with E-state index in [-0.39, 0.29) is 0 Å². The van der Waals surface area contributed by atoms with Crippen LogP contribution in [0.1, 0.15) is 25.8 Å². The maximum Gasteiger partial charge on any atom is 0.122 e. The third kappa shape index (κ3) is 7.41. The largest absolute Gasteiger partial charge is 0.492 e. The van der Waals surface area contributed by atoms with E-state index in [0.717, 1.165) is 42.5 Å². The van der Waals surface area contributed by atoms with Crippen LogP contribution in [0.5, 0.6) is 5.75 Å². The maximum absolute atomic E-state index is 5.89. The summed E-state index contributed by atoms with van der Waals surface area (Å²) in [5.74, 6) is 0.898. The fourth-order valence-electron chi connectivity index (χ4n) is 1.65. The van der Waals surface area contributed by atoms with Crippen LogP contribution in [-0.2, 0) is 4.74 Å². The average Bonchev–Trinajstić information content (AvgIpc) is 2.34. The lowest BCUT2D eigenvalue weighted by atomic mass is 10.2. The highest BCUT2D eigenvalue weighted by Gasteiger charge is 1.99. The van der Waals surface area contributed by atoms with Crippen molar-refractivity contribution in [3.63, 3.8) is 0 Å². The zero-order valence-corrected chi connectivity index (χ0v) is 12.8. The summed E-state index contributed by atoms with van der Waals surface area (Å²) >= 11 is 5.89. The van der Waals surface area contributed by atoms with Crippen LogP contribution in [0.15, 0.2) is 18.2 Å². The molecule has 0 radical (unpaired) electrons. The van der Waals surface area contributed by atoms with Crippen molar-refractivity contribution in [2.45, 2.75) is 33.3 Å². The van der Waals surface area contributed by atoms with Gasteiger partial charge in [0.05, 0.1) is 6.10 Å². The molecular formula is C15H24ClNO2. The van der Waals surface area contributed by atoms with Crippen LogP contribution in [-0.4, -0.2) is 32.4 Å². The van der Waals surface area contributed by atoms with Gasteiger partial charge in [-0.25, -0.2) is 0 Å². The van der Waals surface area contributed by atoms with Gasteiger partial charge in [0.15, 0.2) is 0 Å². The second-order valence-corrected chi connectivity index (χ2v) is 5.22. The van der Waals surface area contributed by atoms with Crippen molar-refractivity contribution in [2.24, 2.45) is 0 Å². The summed E-state index contributed by atoms with van der Waals surface area (Å²) in [7, 11) is 0. The molecule has 108 valence electrons. The minimum atomic E-state index is 0.316. The summed E-state index contributed by atoms with van der Waals surface area (Å²) in [6.45, 7) is 9.36. The fraction of sp³-hybridized carbons (Fsp3) is 0.600. The van der Waals surface area contributed by atoms with Crippen LogP contribution < -0.4 is 10.1 Å². The molecule has 0 unspecified atom stereocenters. The van der Waals surface area contributed by atoms with Gasteiger partial charge in [-0.1, -0.05) is 11.6 Å². The number of aryl methyl sites for hydroxylation is 1. The summed E-state index contributed by atoms with van der Waals surface area (Å²) in [5, 5.41) is 4.07. The van der Waals surface area contributed by atoms with Crippen LogP contribution in [0.25, 0.3) is 0 Å².